The molecule has 1 aliphatic rings. The minimum atomic E-state index is -0.209. The Kier molecular flexibility index (Phi) is 5.04. The molecule has 0 radical (unpaired) electrons. The van der Waals surface area contributed by atoms with Crippen LogP contribution >= 0.6 is 35.3 Å². The molecule has 0 saturated carbocycles. The van der Waals surface area contributed by atoms with Gasteiger partial charge in [0.15, 0.2) is 11.0 Å². The minimum Gasteiger partial charge on any atom is -0.302 e. The number of benzene rings is 1. The van der Waals surface area contributed by atoms with Gasteiger partial charge in [0.25, 0.3) is 5.91 Å². The zero-order chi connectivity index (χ0) is 19.8. The van der Waals surface area contributed by atoms with Crippen LogP contribution in [0.1, 0.15) is 23.6 Å². The predicted octanol–water partition coefficient (Wildman–Crippen LogP) is 3.24. The quantitative estimate of drug-likeness (QED) is 0.615. The van der Waals surface area contributed by atoms with E-state index in [1.807, 2.05) is 37.3 Å². The van der Waals surface area contributed by atoms with E-state index in [1.54, 1.807) is 9.69 Å². The molecule has 1 atom stereocenters. The van der Waals surface area contributed by atoms with Crippen LogP contribution in [0.2, 0.25) is 0 Å². The first kappa shape index (κ1) is 18.8. The molecule has 2 amide bonds. The number of carbonyl (C=O) groups excluding carboxylic acids is 2. The summed E-state index contributed by atoms with van der Waals surface area (Å²) in [6.45, 7) is 3.26. The Morgan fingerprint density at radius 2 is 2.11 bits per heavy atom. The third kappa shape index (κ3) is 3.36. The van der Waals surface area contributed by atoms with Crippen LogP contribution in [0.15, 0.2) is 30.3 Å². The zero-order valence-electron chi connectivity index (χ0n) is 15.0. The first-order valence-electron chi connectivity index (χ1n) is 8.37. The number of nitrogens with one attached hydrogen (secondary N) is 2. The molecule has 1 fully saturated rings. The van der Waals surface area contributed by atoms with Gasteiger partial charge in [-0.3, -0.25) is 9.59 Å². The van der Waals surface area contributed by atoms with Crippen molar-refractivity contribution in [2.75, 3.05) is 16.1 Å². The van der Waals surface area contributed by atoms with Crippen LogP contribution in [-0.4, -0.2) is 37.4 Å². The lowest BCUT2D eigenvalue weighted by Gasteiger charge is -2.25. The van der Waals surface area contributed by atoms with Gasteiger partial charge < -0.3 is 5.32 Å². The van der Waals surface area contributed by atoms with E-state index in [1.165, 1.54) is 30.0 Å². The SMILES string of the molecule is CC(=O)Nc1nc(C)c(-c2n[nH]c(=S)n2N2C(=O)CSC2c2ccccc2)s1. The maximum atomic E-state index is 12.8. The summed E-state index contributed by atoms with van der Waals surface area (Å²) in [6, 6.07) is 9.80. The standard InChI is InChI=1S/C17H16N6O2S3/c1-9-13(28-16(18-9)19-10(2)24)14-20-21-17(26)23(14)22-12(25)8-27-15(22)11-6-4-3-5-7-11/h3-7,15H,8H2,1-2H3,(H,21,26)(H,18,19,24). The Morgan fingerprint density at radius 1 is 1.36 bits per heavy atom. The number of aromatic amines is 1. The third-order valence-corrected chi connectivity index (χ3v) is 6.61. The molecule has 0 spiro atoms. The van der Waals surface area contributed by atoms with Crippen molar-refractivity contribution >= 4 is 52.3 Å². The fourth-order valence-corrected chi connectivity index (χ4v) is 5.28. The molecule has 3 aromatic rings. The van der Waals surface area contributed by atoms with E-state index in [0.29, 0.717) is 27.2 Å². The van der Waals surface area contributed by atoms with E-state index < -0.39 is 0 Å². The molecule has 3 heterocycles. The second kappa shape index (κ2) is 7.49. The van der Waals surface area contributed by atoms with Gasteiger partial charge in [-0.05, 0) is 24.7 Å². The summed E-state index contributed by atoms with van der Waals surface area (Å²) in [4.78, 5) is 29.2. The number of thioether (sulfide) groups is 1. The van der Waals surface area contributed by atoms with Gasteiger partial charge in [-0.1, -0.05) is 41.7 Å². The maximum absolute atomic E-state index is 12.8. The van der Waals surface area contributed by atoms with E-state index in [4.69, 9.17) is 12.2 Å². The number of thiazole rings is 1. The Labute approximate surface area is 174 Å². The van der Waals surface area contributed by atoms with Gasteiger partial charge in [0, 0.05) is 6.92 Å². The highest BCUT2D eigenvalue weighted by Gasteiger charge is 2.37. The zero-order valence-corrected chi connectivity index (χ0v) is 17.5. The van der Waals surface area contributed by atoms with E-state index in [-0.39, 0.29) is 17.2 Å². The molecule has 1 saturated heterocycles. The molecule has 4 rings (SSSR count). The van der Waals surface area contributed by atoms with Crippen molar-refractivity contribution in [3.05, 3.63) is 46.4 Å². The first-order valence-corrected chi connectivity index (χ1v) is 10.6. The number of nitrogens with zero attached hydrogens (tertiary/aromatic N) is 4. The monoisotopic (exact) mass is 432 g/mol. The van der Waals surface area contributed by atoms with E-state index in [9.17, 15) is 9.59 Å². The van der Waals surface area contributed by atoms with Crippen LogP contribution < -0.4 is 10.3 Å². The van der Waals surface area contributed by atoms with Gasteiger partial charge in [-0.15, -0.1) is 11.8 Å². The summed E-state index contributed by atoms with van der Waals surface area (Å²) in [7, 11) is 0. The lowest BCUT2D eigenvalue weighted by atomic mass is 10.2. The van der Waals surface area contributed by atoms with Crippen molar-refractivity contribution in [2.45, 2.75) is 19.2 Å². The highest BCUT2D eigenvalue weighted by Crippen LogP contribution is 2.39. The lowest BCUT2D eigenvalue weighted by molar-refractivity contribution is -0.117. The number of carbonyl (C=O) groups is 2. The summed E-state index contributed by atoms with van der Waals surface area (Å²) >= 11 is 8.27. The van der Waals surface area contributed by atoms with E-state index >= 15 is 0 Å². The van der Waals surface area contributed by atoms with Gasteiger partial charge in [0.05, 0.1) is 16.3 Å². The number of anilines is 1. The number of rotatable bonds is 4. The Balaban J connectivity index is 1.80. The van der Waals surface area contributed by atoms with Gasteiger partial charge in [0.1, 0.15) is 5.37 Å². The second-order valence-corrected chi connectivity index (χ2v) is 8.55. The van der Waals surface area contributed by atoms with Gasteiger partial charge in [0.2, 0.25) is 10.7 Å². The number of aryl methyl sites for hydroxylation is 1. The van der Waals surface area contributed by atoms with Crippen molar-refractivity contribution in [2.24, 2.45) is 0 Å². The van der Waals surface area contributed by atoms with Crippen LogP contribution in [0.4, 0.5) is 5.13 Å². The molecule has 144 valence electrons. The average Bonchev–Trinajstić information content (AvgIpc) is 3.32. The first-order chi connectivity index (χ1) is 13.5. The number of amides is 2. The van der Waals surface area contributed by atoms with Crippen molar-refractivity contribution < 1.29 is 9.59 Å². The van der Waals surface area contributed by atoms with Crippen LogP contribution in [0.5, 0.6) is 0 Å². The Morgan fingerprint density at radius 3 is 2.82 bits per heavy atom. The summed E-state index contributed by atoms with van der Waals surface area (Å²) in [5.41, 5.74) is 1.70. The molecule has 2 N–H and O–H groups in total. The molecular weight excluding hydrogens is 416 g/mol. The van der Waals surface area contributed by atoms with Crippen molar-refractivity contribution in [1.29, 1.82) is 0 Å². The third-order valence-electron chi connectivity index (χ3n) is 4.08. The second-order valence-electron chi connectivity index (χ2n) is 6.09. The van der Waals surface area contributed by atoms with Crippen LogP contribution in [0.3, 0.4) is 0 Å². The summed E-state index contributed by atoms with van der Waals surface area (Å²) in [5, 5.41) is 11.7. The number of aromatic nitrogens is 4. The van der Waals surface area contributed by atoms with Crippen LogP contribution in [0, 0.1) is 11.7 Å². The topological polar surface area (TPSA) is 95.9 Å². The highest BCUT2D eigenvalue weighted by molar-refractivity contribution is 8.00. The van der Waals surface area contributed by atoms with Crippen molar-refractivity contribution in [3.63, 3.8) is 0 Å². The van der Waals surface area contributed by atoms with Gasteiger partial charge >= 0.3 is 0 Å². The maximum Gasteiger partial charge on any atom is 0.252 e. The molecule has 8 nitrogen and oxygen atoms in total. The van der Waals surface area contributed by atoms with Crippen LogP contribution in [0.25, 0.3) is 10.7 Å². The molecule has 1 aromatic carbocycles. The normalized spacial score (nSPS) is 16.6. The molecule has 1 unspecified atom stereocenters. The van der Waals surface area contributed by atoms with Crippen molar-refractivity contribution in [1.82, 2.24) is 19.9 Å². The molecule has 11 heteroatoms. The van der Waals surface area contributed by atoms with E-state index in [2.05, 4.69) is 20.5 Å². The van der Waals surface area contributed by atoms with Gasteiger partial charge in [-0.25, -0.2) is 19.8 Å². The Bertz CT molecular complexity index is 1100. The molecule has 0 bridgehead atoms. The molecule has 2 aromatic heterocycles. The van der Waals surface area contributed by atoms with Gasteiger partial charge in [-0.2, -0.15) is 5.10 Å². The minimum absolute atomic E-state index is 0.0538. The lowest BCUT2D eigenvalue weighted by Crippen LogP contribution is -2.38. The fourth-order valence-electron chi connectivity index (χ4n) is 2.94. The Hall–Kier alpha value is -2.50. The fraction of sp³-hybridized carbons (Fsp3) is 0.235. The predicted molar refractivity (Wildman–Crippen MR) is 112 cm³/mol. The molecule has 28 heavy (non-hydrogen) atoms. The number of hydrogen-bond donors (Lipinski definition) is 2. The highest BCUT2D eigenvalue weighted by atomic mass is 32.2. The largest absolute Gasteiger partial charge is 0.302 e. The summed E-state index contributed by atoms with van der Waals surface area (Å²) < 4.78 is 1.95. The summed E-state index contributed by atoms with van der Waals surface area (Å²) in [5.74, 6) is 0.592. The van der Waals surface area contributed by atoms with Crippen LogP contribution in [-0.2, 0) is 9.59 Å². The molecule has 1 aliphatic heterocycles. The number of hydrogen-bond acceptors (Lipinski definition) is 7. The van der Waals surface area contributed by atoms with E-state index in [0.717, 1.165) is 10.4 Å². The molecular formula is C17H16N6O2S3. The average molecular weight is 433 g/mol. The number of H-pyrrole nitrogens is 1. The summed E-state index contributed by atoms with van der Waals surface area (Å²) in [6.07, 6.45) is 0. The smallest absolute Gasteiger partial charge is 0.252 e. The molecule has 0 aliphatic carbocycles. The van der Waals surface area contributed by atoms with Crippen molar-refractivity contribution in [3.8, 4) is 10.7 Å².